The Morgan fingerprint density at radius 2 is 2.50 bits per heavy atom. The molecule has 3 nitrogen and oxygen atoms in total. The topological polar surface area (TPSA) is 63.3 Å². The second-order valence-electron chi connectivity index (χ2n) is 1.82. The highest BCUT2D eigenvalue weighted by atomic mass is 32.1. The largest absolute Gasteiger partial charge is 0.391 e. The fourth-order valence-electron chi connectivity index (χ4n) is 0.593. The van der Waals surface area contributed by atoms with E-state index < -0.39 is 5.91 Å². The van der Waals surface area contributed by atoms with E-state index in [2.05, 4.69) is 0 Å². The fourth-order valence-corrected chi connectivity index (χ4v) is 1.32. The molecule has 0 spiro atoms. The summed E-state index contributed by atoms with van der Waals surface area (Å²) in [5, 5.41) is 10.2. The smallest absolute Gasteiger partial charge is 0.249 e. The Kier molecular flexibility index (Phi) is 2.03. The third kappa shape index (κ3) is 1.34. The van der Waals surface area contributed by atoms with Gasteiger partial charge in [0.25, 0.3) is 0 Å². The number of hydrogen-bond donors (Lipinski definition) is 2. The van der Waals surface area contributed by atoms with Crippen LogP contribution < -0.4 is 5.73 Å². The molecule has 1 heterocycles. The zero-order valence-electron chi connectivity index (χ0n) is 5.20. The number of aliphatic hydroxyl groups excluding tert-OH is 1. The first-order chi connectivity index (χ1) is 4.74. The van der Waals surface area contributed by atoms with Gasteiger partial charge in [0.1, 0.15) is 0 Å². The molecule has 0 fully saturated rings. The van der Waals surface area contributed by atoms with Gasteiger partial charge in [-0.25, -0.2) is 0 Å². The van der Waals surface area contributed by atoms with Gasteiger partial charge >= 0.3 is 0 Å². The molecule has 0 aliphatic heterocycles. The van der Waals surface area contributed by atoms with E-state index in [9.17, 15) is 4.79 Å². The van der Waals surface area contributed by atoms with Crippen LogP contribution in [0.3, 0.4) is 0 Å². The lowest BCUT2D eigenvalue weighted by molar-refractivity contribution is 0.100. The summed E-state index contributed by atoms with van der Waals surface area (Å²) in [6, 6.07) is 1.59. The molecule has 1 aromatic rings. The van der Waals surface area contributed by atoms with Crippen LogP contribution in [0.1, 0.15) is 15.2 Å². The zero-order valence-corrected chi connectivity index (χ0v) is 6.02. The molecule has 0 aliphatic carbocycles. The van der Waals surface area contributed by atoms with Gasteiger partial charge in [-0.15, -0.1) is 11.3 Å². The van der Waals surface area contributed by atoms with E-state index in [-0.39, 0.29) is 6.61 Å². The minimum Gasteiger partial charge on any atom is -0.391 e. The second-order valence-corrected chi connectivity index (χ2v) is 2.82. The molecular formula is C6H7NO2S. The number of thiophene rings is 1. The number of rotatable bonds is 2. The first-order valence-corrected chi connectivity index (χ1v) is 3.60. The van der Waals surface area contributed by atoms with E-state index in [0.717, 1.165) is 4.88 Å². The van der Waals surface area contributed by atoms with Crippen LogP contribution in [0.15, 0.2) is 11.4 Å². The zero-order chi connectivity index (χ0) is 7.56. The Morgan fingerprint density at radius 3 is 2.80 bits per heavy atom. The number of amides is 1. The van der Waals surface area contributed by atoms with Crippen molar-refractivity contribution in [1.29, 1.82) is 0 Å². The molecule has 0 radical (unpaired) electrons. The van der Waals surface area contributed by atoms with Crippen LogP contribution in [0.5, 0.6) is 0 Å². The second kappa shape index (κ2) is 2.81. The SMILES string of the molecule is NC(=O)c1csc(CO)c1. The highest BCUT2D eigenvalue weighted by Crippen LogP contribution is 2.13. The first-order valence-electron chi connectivity index (χ1n) is 2.72. The average molecular weight is 157 g/mol. The molecule has 54 valence electrons. The summed E-state index contributed by atoms with van der Waals surface area (Å²) in [4.78, 5) is 11.2. The Hall–Kier alpha value is -0.870. The normalized spacial score (nSPS) is 9.70. The lowest BCUT2D eigenvalue weighted by Gasteiger charge is -1.83. The number of hydrogen-bond acceptors (Lipinski definition) is 3. The third-order valence-electron chi connectivity index (χ3n) is 1.09. The van der Waals surface area contributed by atoms with Crippen molar-refractivity contribution in [3.63, 3.8) is 0 Å². The van der Waals surface area contributed by atoms with Gasteiger partial charge in [-0.2, -0.15) is 0 Å². The van der Waals surface area contributed by atoms with Crippen LogP contribution in [0.25, 0.3) is 0 Å². The standard InChI is InChI=1S/C6H7NO2S/c7-6(9)4-1-5(2-8)10-3-4/h1,3,8H,2H2,(H2,7,9). The van der Waals surface area contributed by atoms with Crippen LogP contribution in [0.2, 0.25) is 0 Å². The number of primary amides is 1. The lowest BCUT2D eigenvalue weighted by atomic mass is 10.3. The van der Waals surface area contributed by atoms with E-state index in [0.29, 0.717) is 5.56 Å². The molecule has 4 heteroatoms. The third-order valence-corrected chi connectivity index (χ3v) is 2.02. The predicted molar refractivity (Wildman–Crippen MR) is 38.8 cm³/mol. The van der Waals surface area contributed by atoms with E-state index in [1.807, 2.05) is 0 Å². The maximum absolute atomic E-state index is 10.5. The van der Waals surface area contributed by atoms with Gasteiger partial charge in [0.15, 0.2) is 0 Å². The molecule has 3 N–H and O–H groups in total. The summed E-state index contributed by atoms with van der Waals surface area (Å²) >= 11 is 1.33. The maximum Gasteiger partial charge on any atom is 0.249 e. The quantitative estimate of drug-likeness (QED) is 0.650. The molecule has 10 heavy (non-hydrogen) atoms. The van der Waals surface area contributed by atoms with Crippen LogP contribution >= 0.6 is 11.3 Å². The lowest BCUT2D eigenvalue weighted by Crippen LogP contribution is -2.09. The van der Waals surface area contributed by atoms with Crippen LogP contribution in [0, 0.1) is 0 Å². The van der Waals surface area contributed by atoms with Crippen molar-refractivity contribution >= 4 is 17.2 Å². The molecule has 0 aliphatic rings. The minimum atomic E-state index is -0.448. The molecule has 1 amide bonds. The summed E-state index contributed by atoms with van der Waals surface area (Å²) in [7, 11) is 0. The predicted octanol–water partition coefficient (Wildman–Crippen LogP) is 0.339. The Bertz CT molecular complexity index is 244. The van der Waals surface area contributed by atoms with Crippen LogP contribution in [-0.4, -0.2) is 11.0 Å². The number of carbonyl (C=O) groups is 1. The van der Waals surface area contributed by atoms with Gasteiger partial charge in [-0.1, -0.05) is 0 Å². The van der Waals surface area contributed by atoms with E-state index in [4.69, 9.17) is 10.8 Å². The van der Waals surface area contributed by atoms with Gasteiger partial charge in [-0.3, -0.25) is 4.79 Å². The van der Waals surface area contributed by atoms with Crippen LogP contribution in [0.4, 0.5) is 0 Å². The Labute approximate surface area is 62.1 Å². The Morgan fingerprint density at radius 1 is 1.80 bits per heavy atom. The highest BCUT2D eigenvalue weighted by molar-refractivity contribution is 7.10. The van der Waals surface area contributed by atoms with Crippen molar-refractivity contribution in [2.75, 3.05) is 0 Å². The monoisotopic (exact) mass is 157 g/mol. The molecule has 0 bridgehead atoms. The average Bonchev–Trinajstić information content (AvgIpc) is 2.34. The molecule has 0 saturated heterocycles. The number of nitrogens with two attached hydrogens (primary N) is 1. The van der Waals surface area contributed by atoms with Gasteiger partial charge < -0.3 is 10.8 Å². The first kappa shape index (κ1) is 7.24. The number of carbonyl (C=O) groups excluding carboxylic acids is 1. The molecule has 0 unspecified atom stereocenters. The van der Waals surface area contributed by atoms with Crippen molar-refractivity contribution in [3.05, 3.63) is 21.9 Å². The van der Waals surface area contributed by atoms with Gasteiger partial charge in [0.2, 0.25) is 5.91 Å². The summed E-state index contributed by atoms with van der Waals surface area (Å²) in [5.41, 5.74) is 5.43. The summed E-state index contributed by atoms with van der Waals surface area (Å²) in [6.45, 7) is -0.0298. The van der Waals surface area contributed by atoms with Crippen molar-refractivity contribution < 1.29 is 9.90 Å². The van der Waals surface area contributed by atoms with Crippen molar-refractivity contribution in [2.45, 2.75) is 6.61 Å². The van der Waals surface area contributed by atoms with Gasteiger partial charge in [-0.05, 0) is 6.07 Å². The molecule has 1 rings (SSSR count). The Balaban J connectivity index is 2.88. The minimum absolute atomic E-state index is 0.0298. The van der Waals surface area contributed by atoms with Gasteiger partial charge in [0, 0.05) is 10.3 Å². The van der Waals surface area contributed by atoms with Crippen LogP contribution in [-0.2, 0) is 6.61 Å². The van der Waals surface area contributed by atoms with E-state index in [1.165, 1.54) is 11.3 Å². The molecule has 0 atom stereocenters. The summed E-state index contributed by atoms with van der Waals surface area (Å²) in [5.74, 6) is -0.448. The molecular weight excluding hydrogens is 150 g/mol. The summed E-state index contributed by atoms with van der Waals surface area (Å²) < 4.78 is 0. The van der Waals surface area contributed by atoms with E-state index in [1.54, 1.807) is 11.4 Å². The van der Waals surface area contributed by atoms with E-state index >= 15 is 0 Å². The highest BCUT2D eigenvalue weighted by Gasteiger charge is 2.02. The fraction of sp³-hybridized carbons (Fsp3) is 0.167. The van der Waals surface area contributed by atoms with Gasteiger partial charge in [0.05, 0.1) is 12.2 Å². The molecule has 1 aromatic heterocycles. The van der Waals surface area contributed by atoms with Crippen molar-refractivity contribution in [2.24, 2.45) is 5.73 Å². The van der Waals surface area contributed by atoms with Crippen molar-refractivity contribution in [1.82, 2.24) is 0 Å². The number of aliphatic hydroxyl groups is 1. The molecule has 0 aromatic carbocycles. The van der Waals surface area contributed by atoms with Crippen molar-refractivity contribution in [3.8, 4) is 0 Å². The summed E-state index contributed by atoms with van der Waals surface area (Å²) in [6.07, 6.45) is 0. The maximum atomic E-state index is 10.5. The molecule has 0 saturated carbocycles.